The molecular weight excluding hydrogens is 285 g/mol. The van der Waals surface area contributed by atoms with Gasteiger partial charge in [0.2, 0.25) is 0 Å². The van der Waals surface area contributed by atoms with E-state index >= 15 is 0 Å². The van der Waals surface area contributed by atoms with Crippen LogP contribution >= 0.6 is 0 Å². The molecular formula is C21H18FN. The number of halogens is 1. The van der Waals surface area contributed by atoms with Gasteiger partial charge in [-0.15, -0.1) is 0 Å². The average molecular weight is 303 g/mol. The van der Waals surface area contributed by atoms with E-state index in [1.165, 1.54) is 6.07 Å². The van der Waals surface area contributed by atoms with E-state index in [1.54, 1.807) is 18.2 Å². The topological polar surface area (TPSA) is 23.8 Å². The second-order valence-corrected chi connectivity index (χ2v) is 5.25. The zero-order chi connectivity index (χ0) is 15.5. The normalized spacial score (nSPS) is 9.78. The summed E-state index contributed by atoms with van der Waals surface area (Å²) in [5.41, 5.74) is 4.91. The third kappa shape index (κ3) is 3.46. The molecule has 0 heterocycles. The van der Waals surface area contributed by atoms with Crippen LogP contribution in [0.5, 0.6) is 0 Å². The van der Waals surface area contributed by atoms with E-state index in [1.807, 2.05) is 49.4 Å². The highest BCUT2D eigenvalue weighted by Gasteiger charge is 2.07. The fourth-order valence-corrected chi connectivity index (χ4v) is 2.40. The molecule has 3 aromatic carbocycles. The quantitative estimate of drug-likeness (QED) is 0.571. The number of benzene rings is 3. The van der Waals surface area contributed by atoms with Crippen LogP contribution in [0.2, 0.25) is 0 Å². The molecule has 0 radical (unpaired) electrons. The van der Waals surface area contributed by atoms with Crippen LogP contribution < -0.4 is 0 Å². The minimum atomic E-state index is -0.245. The monoisotopic (exact) mass is 303 g/mol. The number of rotatable bonds is 2. The maximum atomic E-state index is 14.4. The van der Waals surface area contributed by atoms with Crippen LogP contribution in [0.15, 0.2) is 66.7 Å². The third-order valence-electron chi connectivity index (χ3n) is 3.68. The molecule has 0 amide bonds. The standard InChI is InChI=1S/C20H14FN.CH4/c1-14-2-6-17(7-3-14)19-11-10-18(12-20(19)21)16-8-4-15(13-22)5-9-16;/h2-12H,1H3;1H4. The van der Waals surface area contributed by atoms with Crippen molar-refractivity contribution in [1.29, 1.82) is 5.26 Å². The smallest absolute Gasteiger partial charge is 0.131 e. The Morgan fingerprint density at radius 2 is 1.35 bits per heavy atom. The molecule has 2 heteroatoms. The van der Waals surface area contributed by atoms with E-state index in [4.69, 9.17) is 5.26 Å². The van der Waals surface area contributed by atoms with Crippen LogP contribution in [0.4, 0.5) is 4.39 Å². The van der Waals surface area contributed by atoms with E-state index in [9.17, 15) is 4.39 Å². The Morgan fingerprint density at radius 1 is 0.783 bits per heavy atom. The van der Waals surface area contributed by atoms with Crippen molar-refractivity contribution in [1.82, 2.24) is 0 Å². The fourth-order valence-electron chi connectivity index (χ4n) is 2.40. The molecule has 0 bridgehead atoms. The van der Waals surface area contributed by atoms with Crippen molar-refractivity contribution >= 4 is 0 Å². The number of hydrogen-bond donors (Lipinski definition) is 0. The summed E-state index contributed by atoms with van der Waals surface area (Å²) in [5.74, 6) is -0.245. The maximum Gasteiger partial charge on any atom is 0.131 e. The first-order chi connectivity index (χ1) is 10.7. The van der Waals surface area contributed by atoms with Gasteiger partial charge in [0.05, 0.1) is 11.6 Å². The first-order valence-corrected chi connectivity index (χ1v) is 7.04. The van der Waals surface area contributed by atoms with Gasteiger partial charge in [-0.05, 0) is 41.8 Å². The van der Waals surface area contributed by atoms with Gasteiger partial charge in [-0.25, -0.2) is 4.39 Å². The summed E-state index contributed by atoms with van der Waals surface area (Å²) in [6.07, 6.45) is 0. The van der Waals surface area contributed by atoms with Crippen molar-refractivity contribution in [2.24, 2.45) is 0 Å². The van der Waals surface area contributed by atoms with Gasteiger partial charge >= 0.3 is 0 Å². The minimum Gasteiger partial charge on any atom is -0.206 e. The number of aryl methyl sites for hydroxylation is 1. The summed E-state index contributed by atoms with van der Waals surface area (Å²) < 4.78 is 14.4. The molecule has 0 saturated carbocycles. The summed E-state index contributed by atoms with van der Waals surface area (Å²) in [6, 6.07) is 22.3. The van der Waals surface area contributed by atoms with Crippen LogP contribution in [0.3, 0.4) is 0 Å². The van der Waals surface area contributed by atoms with Gasteiger partial charge in [0.15, 0.2) is 0 Å². The SMILES string of the molecule is C.Cc1ccc(-c2ccc(-c3ccc(C#N)cc3)cc2F)cc1. The Kier molecular flexibility index (Phi) is 4.93. The van der Waals surface area contributed by atoms with Crippen molar-refractivity contribution in [3.63, 3.8) is 0 Å². The van der Waals surface area contributed by atoms with Gasteiger partial charge in [0, 0.05) is 5.56 Å². The summed E-state index contributed by atoms with van der Waals surface area (Å²) in [5, 5.41) is 8.82. The molecule has 0 aliphatic carbocycles. The molecule has 0 saturated heterocycles. The Bertz CT molecular complexity index is 841. The Morgan fingerprint density at radius 3 is 1.91 bits per heavy atom. The van der Waals surface area contributed by atoms with Crippen molar-refractivity contribution < 1.29 is 4.39 Å². The molecule has 0 fully saturated rings. The van der Waals surface area contributed by atoms with E-state index in [0.717, 1.165) is 22.3 Å². The van der Waals surface area contributed by atoms with Crippen LogP contribution in [-0.2, 0) is 0 Å². The van der Waals surface area contributed by atoms with Crippen LogP contribution in [-0.4, -0.2) is 0 Å². The molecule has 0 spiro atoms. The largest absolute Gasteiger partial charge is 0.206 e. The van der Waals surface area contributed by atoms with Crippen LogP contribution in [0.25, 0.3) is 22.3 Å². The fraction of sp³-hybridized carbons (Fsp3) is 0.0952. The summed E-state index contributed by atoms with van der Waals surface area (Å²) in [4.78, 5) is 0. The zero-order valence-corrected chi connectivity index (χ0v) is 12.2. The lowest BCUT2D eigenvalue weighted by molar-refractivity contribution is 0.632. The Labute approximate surface area is 136 Å². The van der Waals surface area contributed by atoms with Gasteiger partial charge in [0.25, 0.3) is 0 Å². The van der Waals surface area contributed by atoms with Gasteiger partial charge in [0.1, 0.15) is 5.82 Å². The van der Waals surface area contributed by atoms with Gasteiger partial charge in [-0.3, -0.25) is 0 Å². The van der Waals surface area contributed by atoms with Crippen LogP contribution in [0, 0.1) is 24.1 Å². The van der Waals surface area contributed by atoms with E-state index < -0.39 is 0 Å². The predicted molar refractivity (Wildman–Crippen MR) is 93.5 cm³/mol. The summed E-state index contributed by atoms with van der Waals surface area (Å²) in [6.45, 7) is 2.01. The van der Waals surface area contributed by atoms with Crippen molar-refractivity contribution in [2.75, 3.05) is 0 Å². The van der Waals surface area contributed by atoms with E-state index in [2.05, 4.69) is 6.07 Å². The molecule has 0 aromatic heterocycles. The third-order valence-corrected chi connectivity index (χ3v) is 3.68. The van der Waals surface area contributed by atoms with Crippen molar-refractivity contribution in [3.05, 3.63) is 83.7 Å². The van der Waals surface area contributed by atoms with Gasteiger partial charge < -0.3 is 0 Å². The molecule has 0 N–H and O–H groups in total. The lowest BCUT2D eigenvalue weighted by Gasteiger charge is -2.07. The molecule has 0 aliphatic heterocycles. The molecule has 3 rings (SSSR count). The highest BCUT2D eigenvalue weighted by Crippen LogP contribution is 2.28. The molecule has 114 valence electrons. The zero-order valence-electron chi connectivity index (χ0n) is 12.2. The maximum absolute atomic E-state index is 14.4. The lowest BCUT2D eigenvalue weighted by atomic mass is 9.98. The summed E-state index contributed by atoms with van der Waals surface area (Å²) >= 11 is 0. The molecule has 3 aromatic rings. The highest BCUT2D eigenvalue weighted by molar-refractivity contribution is 5.71. The molecule has 1 nitrogen and oxygen atoms in total. The van der Waals surface area contributed by atoms with Crippen molar-refractivity contribution in [2.45, 2.75) is 14.4 Å². The average Bonchev–Trinajstić information content (AvgIpc) is 2.56. The molecule has 0 atom stereocenters. The second-order valence-electron chi connectivity index (χ2n) is 5.25. The van der Waals surface area contributed by atoms with E-state index in [0.29, 0.717) is 11.1 Å². The van der Waals surface area contributed by atoms with Crippen molar-refractivity contribution in [3.8, 4) is 28.3 Å². The second kappa shape index (κ2) is 6.89. The Hall–Kier alpha value is -2.92. The molecule has 0 aliphatic rings. The summed E-state index contributed by atoms with van der Waals surface area (Å²) in [7, 11) is 0. The Balaban J connectivity index is 0.00000192. The van der Waals surface area contributed by atoms with Gasteiger partial charge in [-0.1, -0.05) is 61.5 Å². The van der Waals surface area contributed by atoms with Crippen LogP contribution in [0.1, 0.15) is 18.6 Å². The lowest BCUT2D eigenvalue weighted by Crippen LogP contribution is -1.87. The first kappa shape index (κ1) is 16.5. The van der Waals surface area contributed by atoms with E-state index in [-0.39, 0.29) is 13.2 Å². The van der Waals surface area contributed by atoms with Gasteiger partial charge in [-0.2, -0.15) is 5.26 Å². The predicted octanol–water partition coefficient (Wildman–Crippen LogP) is 5.98. The number of hydrogen-bond acceptors (Lipinski definition) is 1. The highest BCUT2D eigenvalue weighted by atomic mass is 19.1. The molecule has 23 heavy (non-hydrogen) atoms. The molecule has 0 unspecified atom stereocenters. The number of nitriles is 1. The minimum absolute atomic E-state index is 0. The first-order valence-electron chi connectivity index (χ1n) is 7.04. The number of nitrogens with zero attached hydrogens (tertiary/aromatic N) is 1.